The number of nitrogens with zero attached hydrogens (tertiary/aromatic N) is 1. The standard InChI is InChI=1S/C14H15ClF3NO2/c15-11-6-2-1-5-10(11)12(14(16,17)18)19-7-3-4-9(8-19)13(20)21/h1-2,5-6,9,12H,3-4,7-8H2,(H,20,21). The van der Waals surface area contributed by atoms with Crippen LogP contribution < -0.4 is 0 Å². The lowest BCUT2D eigenvalue weighted by atomic mass is 9.94. The molecule has 2 atom stereocenters. The predicted octanol–water partition coefficient (Wildman–Crippen LogP) is 3.74. The van der Waals surface area contributed by atoms with Crippen molar-refractivity contribution in [2.75, 3.05) is 13.1 Å². The molecule has 1 fully saturated rings. The second kappa shape index (κ2) is 6.23. The van der Waals surface area contributed by atoms with Crippen molar-refractivity contribution < 1.29 is 23.1 Å². The molecule has 0 aliphatic carbocycles. The molecule has 3 nitrogen and oxygen atoms in total. The molecule has 116 valence electrons. The molecule has 1 heterocycles. The molecule has 1 aliphatic heterocycles. The van der Waals surface area contributed by atoms with Gasteiger partial charge in [-0.05, 0) is 31.0 Å². The Bertz CT molecular complexity index is 521. The van der Waals surface area contributed by atoms with E-state index in [-0.39, 0.29) is 23.7 Å². The van der Waals surface area contributed by atoms with Gasteiger partial charge < -0.3 is 5.11 Å². The number of benzene rings is 1. The van der Waals surface area contributed by atoms with Gasteiger partial charge in [0.25, 0.3) is 0 Å². The van der Waals surface area contributed by atoms with E-state index in [1.807, 2.05) is 0 Å². The van der Waals surface area contributed by atoms with Crippen LogP contribution in [-0.4, -0.2) is 35.2 Å². The van der Waals surface area contributed by atoms with E-state index in [0.717, 1.165) is 0 Å². The fourth-order valence-electron chi connectivity index (χ4n) is 2.72. The van der Waals surface area contributed by atoms with Gasteiger partial charge in [0.2, 0.25) is 0 Å². The third kappa shape index (κ3) is 3.68. The molecule has 0 aromatic heterocycles. The zero-order valence-electron chi connectivity index (χ0n) is 11.1. The first-order valence-electron chi connectivity index (χ1n) is 6.58. The fourth-order valence-corrected chi connectivity index (χ4v) is 2.96. The Morgan fingerprint density at radius 1 is 1.38 bits per heavy atom. The Morgan fingerprint density at radius 2 is 2.05 bits per heavy atom. The number of piperidine rings is 1. The highest BCUT2D eigenvalue weighted by molar-refractivity contribution is 6.31. The highest BCUT2D eigenvalue weighted by atomic mass is 35.5. The van der Waals surface area contributed by atoms with Gasteiger partial charge >= 0.3 is 12.1 Å². The lowest BCUT2D eigenvalue weighted by molar-refractivity contribution is -0.192. The number of hydrogen-bond acceptors (Lipinski definition) is 2. The van der Waals surface area contributed by atoms with Crippen molar-refractivity contribution >= 4 is 17.6 Å². The van der Waals surface area contributed by atoms with Gasteiger partial charge in [0.15, 0.2) is 0 Å². The van der Waals surface area contributed by atoms with Gasteiger partial charge in [-0.1, -0.05) is 29.8 Å². The summed E-state index contributed by atoms with van der Waals surface area (Å²) < 4.78 is 40.4. The maximum Gasteiger partial charge on any atom is 0.408 e. The Kier molecular flexibility index (Phi) is 4.78. The fraction of sp³-hybridized carbons (Fsp3) is 0.500. The number of carboxylic acid groups (broad SMARTS) is 1. The van der Waals surface area contributed by atoms with Gasteiger partial charge in [-0.2, -0.15) is 13.2 Å². The van der Waals surface area contributed by atoms with Crippen molar-refractivity contribution in [3.63, 3.8) is 0 Å². The smallest absolute Gasteiger partial charge is 0.408 e. The summed E-state index contributed by atoms with van der Waals surface area (Å²) in [6.07, 6.45) is -3.68. The largest absolute Gasteiger partial charge is 0.481 e. The van der Waals surface area contributed by atoms with Gasteiger partial charge in [-0.25, -0.2) is 0 Å². The van der Waals surface area contributed by atoms with Crippen LogP contribution in [0.15, 0.2) is 24.3 Å². The van der Waals surface area contributed by atoms with Crippen molar-refractivity contribution in [2.45, 2.75) is 25.1 Å². The second-order valence-corrected chi connectivity index (χ2v) is 5.55. The van der Waals surface area contributed by atoms with Crippen LogP contribution in [0.3, 0.4) is 0 Å². The summed E-state index contributed by atoms with van der Waals surface area (Å²) in [5.41, 5.74) is -0.0299. The van der Waals surface area contributed by atoms with E-state index in [2.05, 4.69) is 0 Å². The lowest BCUT2D eigenvalue weighted by Gasteiger charge is -2.38. The number of aliphatic carboxylic acids is 1. The van der Waals surface area contributed by atoms with Crippen LogP contribution in [0.5, 0.6) is 0 Å². The van der Waals surface area contributed by atoms with Crippen LogP contribution in [0.4, 0.5) is 13.2 Å². The first-order chi connectivity index (χ1) is 9.80. The summed E-state index contributed by atoms with van der Waals surface area (Å²) in [6, 6.07) is 3.95. The van der Waals surface area contributed by atoms with Gasteiger partial charge in [0.05, 0.1) is 5.92 Å². The van der Waals surface area contributed by atoms with Gasteiger partial charge in [0, 0.05) is 11.6 Å². The summed E-state index contributed by atoms with van der Waals surface area (Å²) in [4.78, 5) is 12.2. The number of carbonyl (C=O) groups is 1. The zero-order chi connectivity index (χ0) is 15.6. The Labute approximate surface area is 125 Å². The molecule has 7 heteroatoms. The van der Waals surface area contributed by atoms with E-state index in [9.17, 15) is 18.0 Å². The van der Waals surface area contributed by atoms with Crippen molar-refractivity contribution in [3.8, 4) is 0 Å². The summed E-state index contributed by atoms with van der Waals surface area (Å²) in [7, 11) is 0. The number of rotatable bonds is 3. The van der Waals surface area contributed by atoms with Crippen LogP contribution in [0.25, 0.3) is 0 Å². The molecule has 1 aromatic carbocycles. The molecule has 1 N–H and O–H groups in total. The molecule has 21 heavy (non-hydrogen) atoms. The topological polar surface area (TPSA) is 40.5 Å². The minimum absolute atomic E-state index is 0.0299. The van der Waals surface area contributed by atoms with Gasteiger partial charge in [-0.15, -0.1) is 0 Å². The number of halogens is 4. The first-order valence-corrected chi connectivity index (χ1v) is 6.96. The van der Waals surface area contributed by atoms with E-state index >= 15 is 0 Å². The Balaban J connectivity index is 2.33. The third-order valence-electron chi connectivity index (χ3n) is 3.68. The molecule has 2 rings (SSSR count). The average Bonchev–Trinajstić information content (AvgIpc) is 2.40. The predicted molar refractivity (Wildman–Crippen MR) is 72.2 cm³/mol. The minimum Gasteiger partial charge on any atom is -0.481 e. The van der Waals surface area contributed by atoms with Crippen LogP contribution in [0.2, 0.25) is 5.02 Å². The molecule has 0 amide bonds. The number of carboxylic acids is 1. The van der Waals surface area contributed by atoms with E-state index in [0.29, 0.717) is 12.8 Å². The van der Waals surface area contributed by atoms with E-state index in [1.165, 1.54) is 23.1 Å². The SMILES string of the molecule is O=C(O)C1CCCN(C(c2ccccc2Cl)C(F)(F)F)C1. The van der Waals surface area contributed by atoms with Crippen LogP contribution in [0.1, 0.15) is 24.4 Å². The number of hydrogen-bond donors (Lipinski definition) is 1. The second-order valence-electron chi connectivity index (χ2n) is 5.14. The molecular formula is C14H15ClF3NO2. The molecule has 0 saturated carbocycles. The van der Waals surface area contributed by atoms with Crippen LogP contribution >= 0.6 is 11.6 Å². The van der Waals surface area contributed by atoms with E-state index < -0.39 is 24.1 Å². The number of likely N-dealkylation sites (tertiary alicyclic amines) is 1. The highest BCUT2D eigenvalue weighted by Crippen LogP contribution is 2.42. The molecule has 2 unspecified atom stereocenters. The summed E-state index contributed by atoms with van der Waals surface area (Å²) in [5.74, 6) is -1.83. The first kappa shape index (κ1) is 16.1. The van der Waals surface area contributed by atoms with Crippen molar-refractivity contribution in [2.24, 2.45) is 5.92 Å². The molecular weight excluding hydrogens is 307 g/mol. The summed E-state index contributed by atoms with van der Waals surface area (Å²) in [5, 5.41) is 9.07. The molecule has 0 bridgehead atoms. The van der Waals surface area contributed by atoms with E-state index in [4.69, 9.17) is 16.7 Å². The molecule has 1 aromatic rings. The normalized spacial score (nSPS) is 22.0. The van der Waals surface area contributed by atoms with Crippen LogP contribution in [0, 0.1) is 5.92 Å². The highest BCUT2D eigenvalue weighted by Gasteiger charge is 2.47. The average molecular weight is 322 g/mol. The third-order valence-corrected chi connectivity index (χ3v) is 4.02. The monoisotopic (exact) mass is 321 g/mol. The lowest BCUT2D eigenvalue weighted by Crippen LogP contribution is -2.45. The molecule has 1 aliphatic rings. The summed E-state index contributed by atoms with van der Waals surface area (Å²) in [6.45, 7) is 0.0872. The Morgan fingerprint density at radius 3 is 2.62 bits per heavy atom. The zero-order valence-corrected chi connectivity index (χ0v) is 11.9. The minimum atomic E-state index is -4.51. The van der Waals surface area contributed by atoms with E-state index in [1.54, 1.807) is 6.07 Å². The number of alkyl halides is 3. The van der Waals surface area contributed by atoms with Gasteiger partial charge in [0.1, 0.15) is 6.04 Å². The van der Waals surface area contributed by atoms with Crippen molar-refractivity contribution in [3.05, 3.63) is 34.9 Å². The summed E-state index contributed by atoms with van der Waals surface area (Å²) >= 11 is 5.90. The Hall–Kier alpha value is -1.27. The van der Waals surface area contributed by atoms with Crippen molar-refractivity contribution in [1.82, 2.24) is 4.90 Å². The molecule has 1 saturated heterocycles. The van der Waals surface area contributed by atoms with Gasteiger partial charge in [-0.3, -0.25) is 9.69 Å². The van der Waals surface area contributed by atoms with Crippen LogP contribution in [-0.2, 0) is 4.79 Å². The molecule has 0 spiro atoms. The maximum absolute atomic E-state index is 13.5. The molecule has 0 radical (unpaired) electrons. The maximum atomic E-state index is 13.5. The quantitative estimate of drug-likeness (QED) is 0.922. The van der Waals surface area contributed by atoms with Crippen molar-refractivity contribution in [1.29, 1.82) is 0 Å².